The quantitative estimate of drug-likeness (QED) is 0.801. The molecule has 3 rings (SSSR count). The first kappa shape index (κ1) is 20.6. The van der Waals surface area contributed by atoms with Crippen LogP contribution < -0.4 is 5.32 Å². The predicted molar refractivity (Wildman–Crippen MR) is 112 cm³/mol. The zero-order chi connectivity index (χ0) is 20.1. The van der Waals surface area contributed by atoms with E-state index in [0.29, 0.717) is 19.4 Å². The molecule has 1 aliphatic heterocycles. The highest BCUT2D eigenvalue weighted by Gasteiger charge is 2.33. The van der Waals surface area contributed by atoms with Crippen LogP contribution in [-0.4, -0.2) is 31.7 Å². The van der Waals surface area contributed by atoms with E-state index >= 15 is 0 Å². The number of aryl methyl sites for hydroxylation is 2. The molecule has 28 heavy (non-hydrogen) atoms. The Bertz CT molecular complexity index is 904. The van der Waals surface area contributed by atoms with E-state index in [1.54, 1.807) is 30.3 Å². The molecule has 0 spiro atoms. The van der Waals surface area contributed by atoms with Crippen LogP contribution in [0.15, 0.2) is 53.4 Å². The number of amides is 1. The van der Waals surface area contributed by atoms with Crippen molar-refractivity contribution < 1.29 is 13.2 Å². The summed E-state index contributed by atoms with van der Waals surface area (Å²) in [6.45, 7) is 4.81. The zero-order valence-electron chi connectivity index (χ0n) is 16.5. The Morgan fingerprint density at radius 1 is 1.04 bits per heavy atom. The normalized spacial score (nSPS) is 18.0. The SMILES string of the molecule is CCc1cccc(CC)c1NC(=O)[C@H]1CCCN(S(=O)(=O)c2ccccc2)C1. The molecule has 1 heterocycles. The fourth-order valence-corrected chi connectivity index (χ4v) is 5.29. The number of nitrogens with one attached hydrogen (secondary N) is 1. The number of para-hydroxylation sites is 1. The van der Waals surface area contributed by atoms with Crippen LogP contribution in [0.2, 0.25) is 0 Å². The summed E-state index contributed by atoms with van der Waals surface area (Å²) in [5.74, 6) is -0.439. The monoisotopic (exact) mass is 400 g/mol. The van der Waals surface area contributed by atoms with E-state index in [1.165, 1.54) is 4.31 Å². The van der Waals surface area contributed by atoms with Gasteiger partial charge in [0.2, 0.25) is 15.9 Å². The third kappa shape index (κ3) is 4.28. The maximum absolute atomic E-state index is 13.0. The minimum Gasteiger partial charge on any atom is -0.325 e. The van der Waals surface area contributed by atoms with Crippen molar-refractivity contribution in [2.75, 3.05) is 18.4 Å². The molecule has 0 aromatic heterocycles. The molecule has 2 aromatic carbocycles. The number of carbonyl (C=O) groups is 1. The fraction of sp³-hybridized carbons (Fsp3) is 0.409. The largest absolute Gasteiger partial charge is 0.325 e. The molecule has 1 fully saturated rings. The van der Waals surface area contributed by atoms with Gasteiger partial charge in [-0.15, -0.1) is 0 Å². The van der Waals surface area contributed by atoms with Gasteiger partial charge in [-0.05, 0) is 48.9 Å². The Morgan fingerprint density at radius 2 is 1.68 bits per heavy atom. The lowest BCUT2D eigenvalue weighted by Crippen LogP contribution is -2.43. The first-order valence-electron chi connectivity index (χ1n) is 9.94. The van der Waals surface area contributed by atoms with Crippen LogP contribution in [0.25, 0.3) is 0 Å². The second-order valence-electron chi connectivity index (χ2n) is 7.16. The number of hydrogen-bond donors (Lipinski definition) is 1. The standard InChI is InChI=1S/C22H28N2O3S/c1-3-17-10-8-11-18(4-2)21(17)23-22(25)19-12-9-15-24(16-19)28(26,27)20-13-6-5-7-14-20/h5-8,10-11,13-14,19H,3-4,9,12,15-16H2,1-2H3,(H,23,25)/t19-/m0/s1. The number of rotatable bonds is 6. The highest BCUT2D eigenvalue weighted by molar-refractivity contribution is 7.89. The van der Waals surface area contributed by atoms with Gasteiger partial charge < -0.3 is 5.32 Å². The van der Waals surface area contributed by atoms with Crippen molar-refractivity contribution in [1.82, 2.24) is 4.31 Å². The van der Waals surface area contributed by atoms with Gasteiger partial charge in [0.15, 0.2) is 0 Å². The molecule has 1 saturated heterocycles. The third-order valence-electron chi connectivity index (χ3n) is 5.38. The van der Waals surface area contributed by atoms with E-state index in [4.69, 9.17) is 0 Å². The average molecular weight is 401 g/mol. The molecule has 0 radical (unpaired) electrons. The summed E-state index contributed by atoms with van der Waals surface area (Å²) in [6.07, 6.45) is 3.05. The molecular weight excluding hydrogens is 372 g/mol. The highest BCUT2D eigenvalue weighted by Crippen LogP contribution is 2.27. The lowest BCUT2D eigenvalue weighted by molar-refractivity contribution is -0.120. The van der Waals surface area contributed by atoms with E-state index in [0.717, 1.165) is 29.7 Å². The Morgan fingerprint density at radius 3 is 2.29 bits per heavy atom. The van der Waals surface area contributed by atoms with Gasteiger partial charge in [0, 0.05) is 18.8 Å². The summed E-state index contributed by atoms with van der Waals surface area (Å²) in [6, 6.07) is 14.5. The second kappa shape index (κ2) is 8.88. The lowest BCUT2D eigenvalue weighted by atomic mass is 9.97. The summed E-state index contributed by atoms with van der Waals surface area (Å²) < 4.78 is 27.3. The minimum absolute atomic E-state index is 0.0939. The van der Waals surface area contributed by atoms with Crippen molar-refractivity contribution in [3.05, 3.63) is 59.7 Å². The number of nitrogens with zero attached hydrogens (tertiary/aromatic N) is 1. The van der Waals surface area contributed by atoms with Gasteiger partial charge >= 0.3 is 0 Å². The molecule has 1 aliphatic rings. The van der Waals surface area contributed by atoms with Gasteiger partial charge in [0.05, 0.1) is 10.8 Å². The topological polar surface area (TPSA) is 66.5 Å². The minimum atomic E-state index is -3.57. The molecule has 5 nitrogen and oxygen atoms in total. The summed E-state index contributed by atoms with van der Waals surface area (Å²) in [5.41, 5.74) is 3.11. The van der Waals surface area contributed by atoms with Crippen molar-refractivity contribution in [3.63, 3.8) is 0 Å². The van der Waals surface area contributed by atoms with Crippen LogP contribution in [0.4, 0.5) is 5.69 Å². The molecule has 0 bridgehead atoms. The fourth-order valence-electron chi connectivity index (χ4n) is 3.74. The Labute approximate surface area is 167 Å². The van der Waals surface area contributed by atoms with E-state index in [-0.39, 0.29) is 23.3 Å². The number of hydrogen-bond acceptors (Lipinski definition) is 3. The Balaban J connectivity index is 1.77. The molecule has 150 valence electrons. The van der Waals surface area contributed by atoms with E-state index in [9.17, 15) is 13.2 Å². The summed E-state index contributed by atoms with van der Waals surface area (Å²) >= 11 is 0. The number of anilines is 1. The molecule has 1 atom stereocenters. The first-order chi connectivity index (χ1) is 13.5. The molecule has 1 N–H and O–H groups in total. The first-order valence-corrected chi connectivity index (χ1v) is 11.4. The Hall–Kier alpha value is -2.18. The molecule has 0 unspecified atom stereocenters. The van der Waals surface area contributed by atoms with Gasteiger partial charge in [-0.3, -0.25) is 4.79 Å². The summed E-state index contributed by atoms with van der Waals surface area (Å²) in [7, 11) is -3.57. The van der Waals surface area contributed by atoms with Gasteiger partial charge in [-0.25, -0.2) is 8.42 Å². The maximum atomic E-state index is 13.0. The molecule has 2 aromatic rings. The average Bonchev–Trinajstić information content (AvgIpc) is 2.74. The van der Waals surface area contributed by atoms with Crippen LogP contribution in [0.5, 0.6) is 0 Å². The zero-order valence-corrected chi connectivity index (χ0v) is 17.3. The van der Waals surface area contributed by atoms with Gasteiger partial charge in [0.25, 0.3) is 0 Å². The number of piperidine rings is 1. The lowest BCUT2D eigenvalue weighted by Gasteiger charge is -2.31. The van der Waals surface area contributed by atoms with Crippen LogP contribution in [0, 0.1) is 5.92 Å². The predicted octanol–water partition coefficient (Wildman–Crippen LogP) is 3.85. The number of benzene rings is 2. The van der Waals surface area contributed by atoms with Gasteiger partial charge in [0.1, 0.15) is 0 Å². The molecule has 0 aliphatic carbocycles. The van der Waals surface area contributed by atoms with Gasteiger partial charge in [-0.1, -0.05) is 50.2 Å². The molecule has 6 heteroatoms. The van der Waals surface area contributed by atoms with Crippen LogP contribution >= 0.6 is 0 Å². The Kier molecular flexibility index (Phi) is 6.52. The van der Waals surface area contributed by atoms with Crippen LogP contribution in [0.3, 0.4) is 0 Å². The molecular formula is C22H28N2O3S. The summed E-state index contributed by atoms with van der Waals surface area (Å²) in [4.78, 5) is 13.3. The van der Waals surface area contributed by atoms with Crippen molar-refractivity contribution >= 4 is 21.6 Å². The number of carbonyl (C=O) groups excluding carboxylic acids is 1. The van der Waals surface area contributed by atoms with Crippen molar-refractivity contribution in [3.8, 4) is 0 Å². The smallest absolute Gasteiger partial charge is 0.243 e. The van der Waals surface area contributed by atoms with Crippen LogP contribution in [0.1, 0.15) is 37.8 Å². The molecule has 0 saturated carbocycles. The van der Waals surface area contributed by atoms with Crippen molar-refractivity contribution in [2.45, 2.75) is 44.4 Å². The van der Waals surface area contributed by atoms with Crippen molar-refractivity contribution in [1.29, 1.82) is 0 Å². The van der Waals surface area contributed by atoms with Crippen LogP contribution in [-0.2, 0) is 27.7 Å². The second-order valence-corrected chi connectivity index (χ2v) is 9.10. The van der Waals surface area contributed by atoms with Gasteiger partial charge in [-0.2, -0.15) is 4.31 Å². The van der Waals surface area contributed by atoms with E-state index < -0.39 is 10.0 Å². The highest BCUT2D eigenvalue weighted by atomic mass is 32.2. The van der Waals surface area contributed by atoms with E-state index in [1.807, 2.05) is 18.2 Å². The maximum Gasteiger partial charge on any atom is 0.243 e. The molecule has 1 amide bonds. The number of sulfonamides is 1. The third-order valence-corrected chi connectivity index (χ3v) is 7.26. The van der Waals surface area contributed by atoms with E-state index in [2.05, 4.69) is 19.2 Å². The summed E-state index contributed by atoms with van der Waals surface area (Å²) in [5, 5.41) is 3.10. The van der Waals surface area contributed by atoms with Crippen molar-refractivity contribution in [2.24, 2.45) is 5.92 Å².